The standard InChI is InChI=1S/C10H17O2.2BrH.Mg/c1-4-7-8-9-10(11-5-2)12-6-3;;;/h10H,5-9H2,2-3H3;2*1H;/q;;;+2/p-2. The van der Waals surface area contributed by atoms with Crippen LogP contribution in [0.25, 0.3) is 0 Å². The molecule has 2 nitrogen and oxygen atoms in total. The van der Waals surface area contributed by atoms with Gasteiger partial charge in [0.05, 0.1) is 0 Å². The van der Waals surface area contributed by atoms with E-state index in [1.807, 2.05) is 13.8 Å². The van der Waals surface area contributed by atoms with Crippen molar-refractivity contribution in [2.45, 2.75) is 39.4 Å². The zero-order chi connectivity index (χ0) is 11.9. The number of unbranched alkanes of at least 4 members (excludes halogenated alkanes) is 1. The van der Waals surface area contributed by atoms with Crippen molar-refractivity contribution in [2.24, 2.45) is 0 Å². The molecule has 0 saturated heterocycles. The van der Waals surface area contributed by atoms with Gasteiger partial charge in [-0.15, -0.1) is 0 Å². The molecule has 0 spiro atoms. The topological polar surface area (TPSA) is 18.5 Å². The first-order valence-electron chi connectivity index (χ1n) is 5.01. The Bertz CT molecular complexity index is 145. The van der Waals surface area contributed by atoms with Crippen LogP contribution in [0.3, 0.4) is 0 Å². The fraction of sp³-hybridized carbons (Fsp3) is 0.800. The van der Waals surface area contributed by atoms with Gasteiger partial charge >= 0.3 is 16.0 Å². The van der Waals surface area contributed by atoms with E-state index in [0.29, 0.717) is 19.6 Å². The molecule has 0 rings (SSSR count). The van der Waals surface area contributed by atoms with Gasteiger partial charge in [-0.25, -0.2) is 0 Å². The highest BCUT2D eigenvalue weighted by molar-refractivity contribution is 9.47. The summed E-state index contributed by atoms with van der Waals surface area (Å²) in [6.07, 6.45) is 9.09. The Morgan fingerprint density at radius 1 is 1.27 bits per heavy atom. The second kappa shape index (κ2) is 17.6. The van der Waals surface area contributed by atoms with E-state index in [0.717, 1.165) is 12.8 Å². The van der Waals surface area contributed by atoms with Gasteiger partial charge in [0.1, 0.15) is 0 Å². The Kier molecular flexibility index (Phi) is 21.8. The highest BCUT2D eigenvalue weighted by Gasteiger charge is 2.05. The Morgan fingerprint density at radius 3 is 2.07 bits per heavy atom. The van der Waals surface area contributed by atoms with Crippen LogP contribution in [0.1, 0.15) is 33.1 Å². The van der Waals surface area contributed by atoms with Gasteiger partial charge in [-0.1, -0.05) is 5.92 Å². The van der Waals surface area contributed by atoms with Crippen LogP contribution in [0.5, 0.6) is 0 Å². The molecule has 0 atom stereocenters. The highest BCUT2D eigenvalue weighted by Crippen LogP contribution is 2.05. The van der Waals surface area contributed by atoms with Crippen molar-refractivity contribution in [3.05, 3.63) is 6.42 Å². The lowest BCUT2D eigenvalue weighted by Crippen LogP contribution is -2.16. The minimum Gasteiger partial charge on any atom is -0.353 e. The number of rotatable bonds is 7. The lowest BCUT2D eigenvalue weighted by Gasteiger charge is -2.15. The van der Waals surface area contributed by atoms with Gasteiger partial charge in [-0.3, -0.25) is 25.8 Å². The maximum atomic E-state index is 6.72. The third-order valence-corrected chi connectivity index (χ3v) is 1.45. The summed E-state index contributed by atoms with van der Waals surface area (Å²) in [5.74, 6) is 2.35. The average molecular weight is 353 g/mol. The Labute approximate surface area is 115 Å². The summed E-state index contributed by atoms with van der Waals surface area (Å²) >= 11 is 6.44. The van der Waals surface area contributed by atoms with E-state index < -0.39 is 0 Å². The molecule has 15 heavy (non-hydrogen) atoms. The van der Waals surface area contributed by atoms with E-state index in [1.165, 1.54) is 0 Å². The number of hydrogen-bond acceptors (Lipinski definition) is 2. The van der Waals surface area contributed by atoms with Crippen LogP contribution in [-0.2, 0) is 9.47 Å². The van der Waals surface area contributed by atoms with Crippen LogP contribution in [0.4, 0.5) is 0 Å². The van der Waals surface area contributed by atoms with Crippen LogP contribution in [0.15, 0.2) is 0 Å². The zero-order valence-corrected chi connectivity index (χ0v) is 14.0. The van der Waals surface area contributed by atoms with E-state index in [1.54, 1.807) is 0 Å². The Hall–Kier alpha value is 1.21. The maximum absolute atomic E-state index is 6.72. The molecule has 0 aromatic carbocycles. The van der Waals surface area contributed by atoms with Gasteiger partial charge in [0.15, 0.2) is 6.29 Å². The van der Waals surface area contributed by atoms with Crippen LogP contribution in [0, 0.1) is 12.3 Å². The molecule has 0 aliphatic carbocycles. The summed E-state index contributed by atoms with van der Waals surface area (Å²) in [6, 6.07) is 0. The highest BCUT2D eigenvalue weighted by atomic mass is 79.9. The second-order valence-corrected chi connectivity index (χ2v) is 10.6. The lowest BCUT2D eigenvalue weighted by atomic mass is 10.2. The van der Waals surface area contributed by atoms with E-state index in [-0.39, 0.29) is 22.3 Å². The summed E-state index contributed by atoms with van der Waals surface area (Å²) in [5.41, 5.74) is 0. The predicted octanol–water partition coefficient (Wildman–Crippen LogP) is 3.46. The van der Waals surface area contributed by atoms with Crippen molar-refractivity contribution in [2.75, 3.05) is 13.2 Å². The molecule has 0 aromatic heterocycles. The molecule has 0 amide bonds. The minimum absolute atomic E-state index is 0.0417. The first-order chi connectivity index (χ1) is 7.26. The fourth-order valence-electron chi connectivity index (χ4n) is 0.944. The molecule has 0 saturated carbocycles. The van der Waals surface area contributed by atoms with Gasteiger partial charge in [-0.2, -0.15) is 0 Å². The normalized spacial score (nSPS) is 8.80. The smallest absolute Gasteiger partial charge is 0.353 e. The summed E-state index contributed by atoms with van der Waals surface area (Å²) in [6.45, 7) is 5.27. The van der Waals surface area contributed by atoms with Gasteiger partial charge in [0.2, 0.25) is 0 Å². The summed E-state index contributed by atoms with van der Waals surface area (Å²) in [7, 11) is 0. The van der Waals surface area contributed by atoms with Gasteiger partial charge < -0.3 is 9.47 Å². The first kappa shape index (κ1) is 18.6. The molecule has 0 unspecified atom stereocenters. The molecular formula is C10H17Br2MgO2. The third-order valence-electron chi connectivity index (χ3n) is 1.45. The SMILES string of the molecule is [Br][Mg][Br].[C]#CCCCC(OCC)OCC. The zero-order valence-electron chi connectivity index (χ0n) is 9.39. The van der Waals surface area contributed by atoms with Crippen molar-refractivity contribution in [1.82, 2.24) is 0 Å². The predicted molar refractivity (Wildman–Crippen MR) is 71.6 cm³/mol. The van der Waals surface area contributed by atoms with Crippen LogP contribution in [-0.4, -0.2) is 35.5 Å². The van der Waals surface area contributed by atoms with Gasteiger partial charge in [-0.05, 0) is 33.1 Å². The van der Waals surface area contributed by atoms with Crippen molar-refractivity contribution >= 4 is 41.8 Å². The lowest BCUT2D eigenvalue weighted by molar-refractivity contribution is -0.139. The summed E-state index contributed by atoms with van der Waals surface area (Å²) in [4.78, 5) is 0. The molecule has 1 radical (unpaired) electrons. The van der Waals surface area contributed by atoms with E-state index in [2.05, 4.69) is 31.7 Å². The largest absolute Gasteiger partial charge is 0.560 e. The van der Waals surface area contributed by atoms with Gasteiger partial charge in [0.25, 0.3) is 0 Å². The quantitative estimate of drug-likeness (QED) is 0.302. The summed E-state index contributed by atoms with van der Waals surface area (Å²) < 4.78 is 10.6. The monoisotopic (exact) mass is 351 g/mol. The fourth-order valence-corrected chi connectivity index (χ4v) is 0.944. The Morgan fingerprint density at radius 2 is 1.73 bits per heavy atom. The number of halogens is 2. The molecule has 5 heteroatoms. The van der Waals surface area contributed by atoms with Crippen molar-refractivity contribution in [3.63, 3.8) is 0 Å². The maximum Gasteiger partial charge on any atom is 0.560 e. The van der Waals surface area contributed by atoms with Crippen LogP contribution in [0.2, 0.25) is 0 Å². The molecule has 0 heterocycles. The molecular weight excluding hydrogens is 336 g/mol. The van der Waals surface area contributed by atoms with E-state index in [9.17, 15) is 0 Å². The molecule has 0 bridgehead atoms. The van der Waals surface area contributed by atoms with Crippen molar-refractivity contribution < 1.29 is 9.47 Å². The van der Waals surface area contributed by atoms with Crippen LogP contribution >= 0.6 is 25.8 Å². The molecule has 0 aliphatic rings. The number of ether oxygens (including phenoxy) is 2. The van der Waals surface area contributed by atoms with Crippen molar-refractivity contribution in [1.29, 1.82) is 0 Å². The van der Waals surface area contributed by atoms with Crippen molar-refractivity contribution in [3.8, 4) is 5.92 Å². The number of hydrogen-bond donors (Lipinski definition) is 0. The first-order valence-corrected chi connectivity index (χ1v) is 12.8. The van der Waals surface area contributed by atoms with Gasteiger partial charge in [0, 0.05) is 19.6 Å². The third kappa shape index (κ3) is 17.8. The molecule has 0 aromatic rings. The summed E-state index contributed by atoms with van der Waals surface area (Å²) in [5, 5.41) is 0. The molecule has 85 valence electrons. The molecule has 0 aliphatic heterocycles. The molecule has 0 fully saturated rings. The van der Waals surface area contributed by atoms with Crippen LogP contribution < -0.4 is 0 Å². The van der Waals surface area contributed by atoms with E-state index in [4.69, 9.17) is 15.9 Å². The van der Waals surface area contributed by atoms with E-state index >= 15 is 0 Å². The molecule has 0 N–H and O–H groups in total. The Balaban J connectivity index is 0. The second-order valence-electron chi connectivity index (χ2n) is 2.51. The minimum atomic E-state index is -0.0895. The average Bonchev–Trinajstić information content (AvgIpc) is 2.20.